The fourth-order valence-corrected chi connectivity index (χ4v) is 3.45. The van der Waals surface area contributed by atoms with Crippen molar-refractivity contribution in [1.29, 1.82) is 0 Å². The van der Waals surface area contributed by atoms with E-state index in [0.717, 1.165) is 30.6 Å². The number of ether oxygens (including phenoxy) is 2. The molecule has 0 bridgehead atoms. The van der Waals surface area contributed by atoms with Gasteiger partial charge in [0.15, 0.2) is 11.5 Å². The number of methoxy groups -OCH3 is 2. The van der Waals surface area contributed by atoms with Crippen LogP contribution in [0.3, 0.4) is 0 Å². The minimum Gasteiger partial charge on any atom is -0.493 e. The number of benzene rings is 2. The van der Waals surface area contributed by atoms with Crippen molar-refractivity contribution >= 4 is 24.4 Å². The fourth-order valence-electron chi connectivity index (χ4n) is 3.45. The summed E-state index contributed by atoms with van der Waals surface area (Å²) in [7, 11) is 5.34. The van der Waals surface area contributed by atoms with E-state index >= 15 is 0 Å². The minimum atomic E-state index is 0. The zero-order valence-corrected chi connectivity index (χ0v) is 18.1. The molecule has 3 rings (SSSR count). The molecule has 0 saturated heterocycles. The number of carbonyl (C=O) groups is 1. The van der Waals surface area contributed by atoms with Crippen molar-refractivity contribution in [2.24, 2.45) is 0 Å². The highest BCUT2D eigenvalue weighted by molar-refractivity contribution is 5.85. The fraction of sp³-hybridized carbons (Fsp3) is 0.348. The van der Waals surface area contributed by atoms with Crippen molar-refractivity contribution in [2.45, 2.75) is 19.4 Å². The first-order valence-electron chi connectivity index (χ1n) is 9.55. The number of nitrogens with zero attached hydrogens (tertiary/aromatic N) is 2. The molecule has 0 spiro atoms. The minimum absolute atomic E-state index is 0. The number of halogens is 1. The lowest BCUT2D eigenvalue weighted by Gasteiger charge is -2.20. The molecule has 1 aliphatic heterocycles. The van der Waals surface area contributed by atoms with E-state index in [-0.39, 0.29) is 18.3 Å². The number of amides is 1. The Kier molecular flexibility index (Phi) is 8.55. The SMILES string of the molecule is COc1cc2c(cc1OC)CC(=O)N(CCCN(C)Cc1ccccc1)C=C2.Cl. The Bertz CT molecular complexity index is 840. The first-order chi connectivity index (χ1) is 13.6. The summed E-state index contributed by atoms with van der Waals surface area (Å²) in [5, 5.41) is 0. The number of fused-ring (bicyclic) bond motifs is 1. The van der Waals surface area contributed by atoms with Gasteiger partial charge < -0.3 is 19.3 Å². The maximum absolute atomic E-state index is 12.7. The molecule has 1 aliphatic rings. The Hall–Kier alpha value is -2.50. The van der Waals surface area contributed by atoms with E-state index < -0.39 is 0 Å². The first-order valence-corrected chi connectivity index (χ1v) is 9.55. The Morgan fingerprint density at radius 3 is 2.45 bits per heavy atom. The molecule has 2 aromatic rings. The summed E-state index contributed by atoms with van der Waals surface area (Å²) in [6.07, 6.45) is 5.15. The van der Waals surface area contributed by atoms with Gasteiger partial charge in [-0.1, -0.05) is 30.3 Å². The largest absolute Gasteiger partial charge is 0.493 e. The summed E-state index contributed by atoms with van der Waals surface area (Å²) in [6.45, 7) is 2.55. The summed E-state index contributed by atoms with van der Waals surface area (Å²) < 4.78 is 10.7. The molecule has 0 atom stereocenters. The van der Waals surface area contributed by atoms with Crippen LogP contribution in [-0.4, -0.2) is 50.1 Å². The third-order valence-electron chi connectivity index (χ3n) is 4.98. The van der Waals surface area contributed by atoms with Gasteiger partial charge in [-0.25, -0.2) is 0 Å². The third-order valence-corrected chi connectivity index (χ3v) is 4.98. The van der Waals surface area contributed by atoms with Crippen molar-refractivity contribution in [1.82, 2.24) is 9.80 Å². The summed E-state index contributed by atoms with van der Waals surface area (Å²) in [5.41, 5.74) is 3.26. The van der Waals surface area contributed by atoms with Crippen LogP contribution in [0.1, 0.15) is 23.1 Å². The average molecular weight is 417 g/mol. The summed E-state index contributed by atoms with van der Waals surface area (Å²) >= 11 is 0. The number of hydrogen-bond donors (Lipinski definition) is 0. The lowest BCUT2D eigenvalue weighted by atomic mass is 10.0. The van der Waals surface area contributed by atoms with Crippen molar-refractivity contribution < 1.29 is 14.3 Å². The second-order valence-electron chi connectivity index (χ2n) is 7.06. The summed E-state index contributed by atoms with van der Waals surface area (Å²) in [6, 6.07) is 14.2. The van der Waals surface area contributed by atoms with E-state index in [2.05, 4.69) is 36.2 Å². The molecule has 1 amide bonds. The maximum atomic E-state index is 12.7. The Morgan fingerprint density at radius 1 is 1.07 bits per heavy atom. The van der Waals surface area contributed by atoms with Crippen LogP contribution in [0.25, 0.3) is 6.08 Å². The number of carbonyl (C=O) groups excluding carboxylic acids is 1. The van der Waals surface area contributed by atoms with Crippen LogP contribution in [0.15, 0.2) is 48.7 Å². The smallest absolute Gasteiger partial charge is 0.230 e. The Morgan fingerprint density at radius 2 is 1.76 bits per heavy atom. The van der Waals surface area contributed by atoms with Crippen LogP contribution in [0.2, 0.25) is 0 Å². The molecule has 0 aromatic heterocycles. The Labute approximate surface area is 179 Å². The van der Waals surface area contributed by atoms with E-state index in [0.29, 0.717) is 24.5 Å². The quantitative estimate of drug-likeness (QED) is 0.652. The molecule has 156 valence electrons. The van der Waals surface area contributed by atoms with Crippen LogP contribution in [0.5, 0.6) is 11.5 Å². The molecule has 5 nitrogen and oxygen atoms in total. The predicted octanol–water partition coefficient (Wildman–Crippen LogP) is 4.00. The van der Waals surface area contributed by atoms with Crippen molar-refractivity contribution in [2.75, 3.05) is 34.4 Å². The standard InChI is InChI=1S/C23H28N2O3.ClH/c1-24(17-18-8-5-4-6-9-18)11-7-12-25-13-10-19-14-21(27-2)22(28-3)15-20(19)16-23(25)26;/h4-6,8-10,13-15H,7,11-12,16-17H2,1-3H3;1H. The highest BCUT2D eigenvalue weighted by atomic mass is 35.5. The molecule has 0 aliphatic carbocycles. The van der Waals surface area contributed by atoms with Gasteiger partial charge >= 0.3 is 0 Å². The molecule has 0 fully saturated rings. The zero-order chi connectivity index (χ0) is 19.9. The van der Waals surface area contributed by atoms with Gasteiger partial charge in [0, 0.05) is 19.3 Å². The van der Waals surface area contributed by atoms with Crippen LogP contribution in [0, 0.1) is 0 Å². The molecule has 29 heavy (non-hydrogen) atoms. The third kappa shape index (κ3) is 5.99. The number of rotatable bonds is 8. The lowest BCUT2D eigenvalue weighted by molar-refractivity contribution is -0.127. The maximum Gasteiger partial charge on any atom is 0.230 e. The summed E-state index contributed by atoms with van der Waals surface area (Å²) in [5.74, 6) is 1.43. The second-order valence-corrected chi connectivity index (χ2v) is 7.06. The Balaban J connectivity index is 0.00000300. The molecule has 0 N–H and O–H groups in total. The first kappa shape index (κ1) is 22.8. The van der Waals surface area contributed by atoms with E-state index in [1.54, 1.807) is 14.2 Å². The molecular formula is C23H29ClN2O3. The van der Waals surface area contributed by atoms with Gasteiger partial charge in [-0.05, 0) is 54.9 Å². The zero-order valence-electron chi connectivity index (χ0n) is 17.3. The van der Waals surface area contributed by atoms with Gasteiger partial charge in [-0.2, -0.15) is 0 Å². The monoisotopic (exact) mass is 416 g/mol. The molecule has 1 heterocycles. The van der Waals surface area contributed by atoms with Gasteiger partial charge in [-0.15, -0.1) is 12.4 Å². The van der Waals surface area contributed by atoms with Crippen molar-refractivity contribution in [3.8, 4) is 11.5 Å². The molecule has 0 unspecified atom stereocenters. The molecule has 2 aromatic carbocycles. The molecule has 6 heteroatoms. The highest BCUT2D eigenvalue weighted by Crippen LogP contribution is 2.32. The molecular weight excluding hydrogens is 388 g/mol. The van der Waals surface area contributed by atoms with E-state index in [1.165, 1.54) is 5.56 Å². The highest BCUT2D eigenvalue weighted by Gasteiger charge is 2.19. The van der Waals surface area contributed by atoms with Crippen LogP contribution >= 0.6 is 12.4 Å². The van der Waals surface area contributed by atoms with Crippen LogP contribution in [0.4, 0.5) is 0 Å². The lowest BCUT2D eigenvalue weighted by Crippen LogP contribution is -2.30. The van der Waals surface area contributed by atoms with Gasteiger partial charge in [-0.3, -0.25) is 4.79 Å². The van der Waals surface area contributed by atoms with E-state index in [4.69, 9.17) is 9.47 Å². The van der Waals surface area contributed by atoms with Crippen molar-refractivity contribution in [3.05, 3.63) is 65.4 Å². The van der Waals surface area contributed by atoms with Crippen LogP contribution < -0.4 is 9.47 Å². The van der Waals surface area contributed by atoms with Gasteiger partial charge in [0.05, 0.1) is 20.6 Å². The van der Waals surface area contributed by atoms with Gasteiger partial charge in [0.25, 0.3) is 0 Å². The van der Waals surface area contributed by atoms with Crippen molar-refractivity contribution in [3.63, 3.8) is 0 Å². The van der Waals surface area contributed by atoms with Gasteiger partial charge in [0.1, 0.15) is 0 Å². The normalized spacial score (nSPS) is 13.0. The molecule has 0 radical (unpaired) electrons. The van der Waals surface area contributed by atoms with E-state index in [9.17, 15) is 4.79 Å². The summed E-state index contributed by atoms with van der Waals surface area (Å²) in [4.78, 5) is 16.8. The van der Waals surface area contributed by atoms with Crippen LogP contribution in [-0.2, 0) is 17.8 Å². The average Bonchev–Trinajstić information content (AvgIpc) is 2.85. The number of hydrogen-bond acceptors (Lipinski definition) is 4. The van der Waals surface area contributed by atoms with E-state index in [1.807, 2.05) is 35.4 Å². The predicted molar refractivity (Wildman–Crippen MR) is 119 cm³/mol. The topological polar surface area (TPSA) is 42.0 Å². The molecule has 0 saturated carbocycles. The van der Waals surface area contributed by atoms with Gasteiger partial charge in [0.2, 0.25) is 5.91 Å². The second kappa shape index (κ2) is 10.9.